The normalized spacial score (nSPS) is 20.7. The Kier molecular flexibility index (Phi) is 15.6. The van der Waals surface area contributed by atoms with Crippen LogP contribution in [0.25, 0.3) is 33.3 Å². The Morgan fingerprint density at radius 3 is 2.51 bits per heavy atom. The van der Waals surface area contributed by atoms with E-state index in [-0.39, 0.29) is 61.1 Å². The topological polar surface area (TPSA) is 155 Å². The molecule has 0 radical (unpaired) electrons. The number of likely N-dealkylation sites (tertiary alicyclic amines) is 1. The van der Waals surface area contributed by atoms with E-state index in [0.717, 1.165) is 0 Å². The van der Waals surface area contributed by atoms with Crippen molar-refractivity contribution >= 4 is 40.5 Å². The summed E-state index contributed by atoms with van der Waals surface area (Å²) in [5, 5.41) is 4.71. The van der Waals surface area contributed by atoms with Crippen LogP contribution in [0.5, 0.6) is 0 Å². The number of nitrogens with zero attached hydrogens (tertiary/aromatic N) is 5. The molecule has 0 spiro atoms. The first-order chi connectivity index (χ1) is 33.1. The van der Waals surface area contributed by atoms with Gasteiger partial charge in [-0.1, -0.05) is 52.5 Å². The van der Waals surface area contributed by atoms with Gasteiger partial charge < -0.3 is 29.2 Å². The van der Waals surface area contributed by atoms with Gasteiger partial charge in [0, 0.05) is 68.3 Å². The molecule has 14 nitrogen and oxygen atoms in total. The first-order valence-corrected chi connectivity index (χ1v) is 23.7. The van der Waals surface area contributed by atoms with Gasteiger partial charge in [-0.2, -0.15) is 13.2 Å². The number of methoxy groups -OCH3 is 1. The number of carbonyl (C=O) groups excluding carboxylic acids is 5. The molecule has 1 unspecified atom stereocenters. The fourth-order valence-corrected chi connectivity index (χ4v) is 10.1. The van der Waals surface area contributed by atoms with Crippen molar-refractivity contribution in [3.8, 4) is 22.4 Å². The molecule has 0 saturated carbocycles. The zero-order valence-electron chi connectivity index (χ0n) is 40.8. The first-order valence-electron chi connectivity index (χ1n) is 23.7. The number of fused-ring (bicyclic) bond motifs is 6. The Hall–Kier alpha value is -6.14. The van der Waals surface area contributed by atoms with Crippen LogP contribution in [-0.4, -0.2) is 119 Å². The largest absolute Gasteiger partial charge is 0.464 e. The maximum atomic E-state index is 14.9. The molecule has 2 fully saturated rings. The van der Waals surface area contributed by atoms with E-state index < -0.39 is 78.7 Å². The van der Waals surface area contributed by atoms with Gasteiger partial charge in [0.05, 0.1) is 30.0 Å². The second kappa shape index (κ2) is 21.1. The van der Waals surface area contributed by atoms with Gasteiger partial charge in [0.15, 0.2) is 0 Å². The lowest BCUT2D eigenvalue weighted by Gasteiger charge is -2.37. The van der Waals surface area contributed by atoms with Crippen LogP contribution in [0, 0.1) is 17.3 Å². The number of ether oxygens (including phenoxy) is 2. The van der Waals surface area contributed by atoms with Gasteiger partial charge >= 0.3 is 12.1 Å². The summed E-state index contributed by atoms with van der Waals surface area (Å²) in [6.45, 7) is 10.9. The molecule has 2 N–H and O–H groups in total. The van der Waals surface area contributed by atoms with E-state index in [2.05, 4.69) is 22.3 Å². The minimum absolute atomic E-state index is 0.135. The van der Waals surface area contributed by atoms with Crippen LogP contribution >= 0.6 is 0 Å². The average molecular weight is 974 g/mol. The number of amides is 4. The quantitative estimate of drug-likeness (QED) is 0.0897. The molecule has 6 bridgehead atoms. The molecular formula is C52H63F4N7O7. The molecule has 5 heterocycles. The maximum absolute atomic E-state index is 14.9. The minimum Gasteiger partial charge on any atom is -0.464 e. The lowest BCUT2D eigenvalue weighted by molar-refractivity contribution is -0.155. The van der Waals surface area contributed by atoms with Gasteiger partial charge in [-0.25, -0.2) is 9.82 Å². The van der Waals surface area contributed by atoms with E-state index in [0.29, 0.717) is 64.7 Å². The summed E-state index contributed by atoms with van der Waals surface area (Å²) < 4.78 is 72.0. The minimum atomic E-state index is -4.64. The number of hydrogen-bond acceptors (Lipinski definition) is 9. The van der Waals surface area contributed by atoms with Gasteiger partial charge in [0.25, 0.3) is 5.91 Å². The van der Waals surface area contributed by atoms with Crippen LogP contribution in [0.3, 0.4) is 0 Å². The fourth-order valence-electron chi connectivity index (χ4n) is 10.1. The number of esters is 1. The summed E-state index contributed by atoms with van der Waals surface area (Å²) >= 11 is 0. The van der Waals surface area contributed by atoms with Crippen molar-refractivity contribution in [2.24, 2.45) is 17.3 Å². The second-order valence-corrected chi connectivity index (χ2v) is 19.9. The molecular weight excluding hydrogens is 911 g/mol. The summed E-state index contributed by atoms with van der Waals surface area (Å²) in [5.74, 6) is -3.44. The number of nitrogens with one attached hydrogen (secondary N) is 2. The van der Waals surface area contributed by atoms with Gasteiger partial charge in [0.1, 0.15) is 31.3 Å². The number of cyclic esters (lactones) is 1. The van der Waals surface area contributed by atoms with Crippen molar-refractivity contribution in [1.29, 1.82) is 0 Å². The van der Waals surface area contributed by atoms with Crippen molar-refractivity contribution in [2.75, 3.05) is 40.4 Å². The van der Waals surface area contributed by atoms with Crippen LogP contribution < -0.4 is 10.7 Å². The SMILES string of the molecule is C=CC(=O)N1CC[C@H](C(=O)N(C)C(C(=O)N[C@H]2Cc3cc(CF)cc(c3)-c3ccc4c(c3)c(c(-c3cccnc3[C@H](C)OC)n4CC(F)(F)F)CC(C)(C)COC(=O)[C@@H]3CCCN(N3)C2=O)C(C)C)C1. The van der Waals surface area contributed by atoms with E-state index in [1.807, 2.05) is 13.8 Å². The third-order valence-corrected chi connectivity index (χ3v) is 13.6. The summed E-state index contributed by atoms with van der Waals surface area (Å²) in [5.41, 5.74) is 5.96. The summed E-state index contributed by atoms with van der Waals surface area (Å²) in [4.78, 5) is 77.0. The molecule has 4 amide bonds. The zero-order chi connectivity index (χ0) is 50.8. The molecule has 18 heteroatoms. The Bertz CT molecular complexity index is 2650. The number of hydrogen-bond donors (Lipinski definition) is 2. The van der Waals surface area contributed by atoms with Crippen LogP contribution in [0.1, 0.15) is 82.4 Å². The van der Waals surface area contributed by atoms with E-state index in [1.165, 1.54) is 39.6 Å². The van der Waals surface area contributed by atoms with E-state index in [1.54, 1.807) is 75.5 Å². The summed E-state index contributed by atoms with van der Waals surface area (Å²) in [7, 11) is 3.02. The highest BCUT2D eigenvalue weighted by molar-refractivity contribution is 5.96. The van der Waals surface area contributed by atoms with E-state index in [4.69, 9.17) is 9.47 Å². The van der Waals surface area contributed by atoms with Crippen LogP contribution in [0.4, 0.5) is 17.6 Å². The molecule has 2 saturated heterocycles. The van der Waals surface area contributed by atoms with Gasteiger partial charge in [-0.05, 0) is 103 Å². The Labute approximate surface area is 405 Å². The van der Waals surface area contributed by atoms with Gasteiger partial charge in [-0.15, -0.1) is 0 Å². The van der Waals surface area contributed by atoms with E-state index >= 15 is 0 Å². The van der Waals surface area contributed by atoms with Crippen molar-refractivity contribution in [3.05, 3.63) is 89.8 Å². The standard InChI is InChI=1S/C52H63F4N7O7/c1-9-43(64)61-19-16-35(27-61)48(66)60(7)45(30(2)3)47(65)58-41-23-32-20-33(26-53)22-36(21-32)34-14-15-42-38(24-34)39(25-51(5,6)29-70-50(68)40-13-11-18-63(59-40)49(41)67)46(62(42)28-52(54,55)56)37-12-10-17-57-44(37)31(4)69-8/h9-10,12,14-15,17,20-22,24,30-31,35,40-41,45,59H,1,11,13,16,18-19,23,25-29H2,2-8H3,(H,58,65)/t31-,35-,40-,41-,45?/m0/s1. The number of rotatable bonds is 11. The fraction of sp³-hybridized carbons (Fsp3) is 0.500. The highest BCUT2D eigenvalue weighted by Crippen LogP contribution is 2.43. The third-order valence-electron chi connectivity index (χ3n) is 13.6. The third kappa shape index (κ3) is 11.2. The van der Waals surface area contributed by atoms with Crippen molar-refractivity contribution < 1.29 is 51.0 Å². The number of pyridine rings is 1. The zero-order valence-corrected chi connectivity index (χ0v) is 40.8. The number of halogens is 4. The Morgan fingerprint density at radius 2 is 1.83 bits per heavy atom. The summed E-state index contributed by atoms with van der Waals surface area (Å²) in [6.07, 6.45) is -1.34. The van der Waals surface area contributed by atoms with Crippen LogP contribution in [0.2, 0.25) is 0 Å². The molecule has 376 valence electrons. The number of carbonyl (C=O) groups is 5. The molecule has 3 aliphatic rings. The lowest BCUT2D eigenvalue weighted by Crippen LogP contribution is -2.62. The smallest absolute Gasteiger partial charge is 0.406 e. The second-order valence-electron chi connectivity index (χ2n) is 19.9. The number of likely N-dealkylation sites (N-methyl/N-ethyl adjacent to an activating group) is 1. The molecule has 2 aromatic carbocycles. The van der Waals surface area contributed by atoms with Gasteiger partial charge in [-0.3, -0.25) is 34.0 Å². The molecule has 3 aliphatic heterocycles. The average Bonchev–Trinajstić information content (AvgIpc) is 3.94. The maximum Gasteiger partial charge on any atom is 0.406 e. The van der Waals surface area contributed by atoms with E-state index in [9.17, 15) is 41.5 Å². The molecule has 4 aromatic rings. The van der Waals surface area contributed by atoms with Crippen LogP contribution in [0.15, 0.2) is 67.4 Å². The highest BCUT2D eigenvalue weighted by Gasteiger charge is 2.41. The van der Waals surface area contributed by atoms with Crippen molar-refractivity contribution in [3.63, 3.8) is 0 Å². The van der Waals surface area contributed by atoms with Gasteiger partial charge in [0.2, 0.25) is 17.7 Å². The molecule has 2 aromatic heterocycles. The predicted molar refractivity (Wildman–Crippen MR) is 255 cm³/mol. The molecule has 7 rings (SSSR count). The Balaban J connectivity index is 1.36. The van der Waals surface area contributed by atoms with Crippen molar-refractivity contribution in [2.45, 2.75) is 110 Å². The molecule has 0 aliphatic carbocycles. The summed E-state index contributed by atoms with van der Waals surface area (Å²) in [6, 6.07) is 10.2. The van der Waals surface area contributed by atoms with Crippen molar-refractivity contribution in [1.82, 2.24) is 35.1 Å². The lowest BCUT2D eigenvalue weighted by atomic mass is 9.84. The molecule has 70 heavy (non-hydrogen) atoms. The number of aromatic nitrogens is 2. The number of alkyl halides is 4. The van der Waals surface area contributed by atoms with Crippen LogP contribution in [-0.2, 0) is 59.5 Å². The number of benzene rings is 2. The molecule has 5 atom stereocenters. The first kappa shape index (κ1) is 51.7. The highest BCUT2D eigenvalue weighted by atomic mass is 19.4. The Morgan fingerprint density at radius 1 is 1.07 bits per heavy atom. The monoisotopic (exact) mass is 973 g/mol. The predicted octanol–water partition coefficient (Wildman–Crippen LogP) is 7.28. The number of hydrazine groups is 1.